The van der Waals surface area contributed by atoms with Gasteiger partial charge in [-0.15, -0.1) is 0 Å². The number of nitrogens with one attached hydrogen (secondary N) is 1. The summed E-state index contributed by atoms with van der Waals surface area (Å²) in [5, 5.41) is 0.961. The first-order valence-electron chi connectivity index (χ1n) is 10.3. The number of carbonyl (C=O) groups excluding carboxylic acids is 1. The van der Waals surface area contributed by atoms with Gasteiger partial charge in [-0.25, -0.2) is 17.9 Å². The van der Waals surface area contributed by atoms with Crippen molar-refractivity contribution in [3.63, 3.8) is 0 Å². The van der Waals surface area contributed by atoms with Crippen LogP contribution < -0.4 is 15.1 Å². The molecule has 9 heteroatoms. The van der Waals surface area contributed by atoms with E-state index in [2.05, 4.69) is 4.72 Å². The minimum atomic E-state index is -3.73. The smallest absolute Gasteiger partial charge is 0.339 e. The largest absolute Gasteiger partial charge is 0.425 e. The summed E-state index contributed by atoms with van der Waals surface area (Å²) >= 11 is 6.32. The number of esters is 1. The average molecular weight is 476 g/mol. The van der Waals surface area contributed by atoms with Crippen LogP contribution in [0.15, 0.2) is 50.5 Å². The molecule has 168 valence electrons. The van der Waals surface area contributed by atoms with Crippen LogP contribution in [0.2, 0.25) is 5.02 Å². The van der Waals surface area contributed by atoms with Crippen molar-refractivity contribution in [2.24, 2.45) is 0 Å². The van der Waals surface area contributed by atoms with E-state index in [9.17, 15) is 18.0 Å². The van der Waals surface area contributed by atoms with Crippen molar-refractivity contribution >= 4 is 38.6 Å². The quantitative estimate of drug-likeness (QED) is 0.329. The number of carbonyl (C=O) groups is 1. The molecule has 2 aromatic carbocycles. The van der Waals surface area contributed by atoms with E-state index >= 15 is 0 Å². The van der Waals surface area contributed by atoms with Crippen LogP contribution >= 0.6 is 11.6 Å². The number of fused-ring (bicyclic) bond motifs is 3. The van der Waals surface area contributed by atoms with Gasteiger partial charge >= 0.3 is 11.6 Å². The molecule has 1 heterocycles. The van der Waals surface area contributed by atoms with Crippen molar-refractivity contribution in [2.45, 2.75) is 43.9 Å². The molecule has 0 spiro atoms. The third-order valence-corrected chi connectivity index (χ3v) is 7.22. The lowest BCUT2D eigenvalue weighted by molar-refractivity contribution is -0.134. The Morgan fingerprint density at radius 3 is 2.53 bits per heavy atom. The van der Waals surface area contributed by atoms with Crippen molar-refractivity contribution in [3.05, 3.63) is 68.5 Å². The van der Waals surface area contributed by atoms with Gasteiger partial charge in [-0.2, -0.15) is 0 Å². The number of benzene rings is 2. The molecule has 1 N–H and O–H groups in total. The number of ether oxygens (including phenoxy) is 1. The van der Waals surface area contributed by atoms with Gasteiger partial charge in [-0.1, -0.05) is 29.3 Å². The fourth-order valence-electron chi connectivity index (χ4n) is 3.78. The maximum Gasteiger partial charge on any atom is 0.339 e. The number of aryl methyl sites for hydroxylation is 2. The van der Waals surface area contributed by atoms with Crippen LogP contribution in [0.1, 0.15) is 36.0 Å². The Hall–Kier alpha value is -2.68. The highest BCUT2D eigenvalue weighted by molar-refractivity contribution is 7.89. The summed E-state index contributed by atoms with van der Waals surface area (Å²) < 4.78 is 37.7. The second-order valence-corrected chi connectivity index (χ2v) is 9.94. The Morgan fingerprint density at radius 2 is 1.81 bits per heavy atom. The predicted octanol–water partition coefficient (Wildman–Crippen LogP) is 3.91. The normalized spacial score (nSPS) is 13.7. The van der Waals surface area contributed by atoms with Gasteiger partial charge in [0, 0.05) is 23.6 Å². The highest BCUT2D eigenvalue weighted by Crippen LogP contribution is 2.34. The molecule has 0 aliphatic heterocycles. The van der Waals surface area contributed by atoms with E-state index in [-0.39, 0.29) is 34.3 Å². The molecule has 1 aliphatic rings. The summed E-state index contributed by atoms with van der Waals surface area (Å²) in [7, 11) is -3.73. The van der Waals surface area contributed by atoms with Crippen molar-refractivity contribution < 1.29 is 22.4 Å². The summed E-state index contributed by atoms with van der Waals surface area (Å²) in [6, 6.07) is 9.46. The zero-order valence-electron chi connectivity index (χ0n) is 17.4. The summed E-state index contributed by atoms with van der Waals surface area (Å²) in [6.45, 7) is 1.72. The molecule has 1 aliphatic carbocycles. The number of halogens is 1. The van der Waals surface area contributed by atoms with Gasteiger partial charge in [0.05, 0.1) is 16.3 Å². The predicted molar refractivity (Wildman–Crippen MR) is 121 cm³/mol. The maximum absolute atomic E-state index is 12.3. The second kappa shape index (κ2) is 9.05. The highest BCUT2D eigenvalue weighted by atomic mass is 35.5. The fourth-order valence-corrected chi connectivity index (χ4v) is 5.02. The third kappa shape index (κ3) is 4.72. The van der Waals surface area contributed by atoms with E-state index in [1.807, 2.05) is 6.92 Å². The lowest BCUT2D eigenvalue weighted by Gasteiger charge is -2.17. The molecule has 3 aromatic rings. The van der Waals surface area contributed by atoms with E-state index in [4.69, 9.17) is 20.8 Å². The molecular weight excluding hydrogens is 454 g/mol. The van der Waals surface area contributed by atoms with E-state index < -0.39 is 16.0 Å². The van der Waals surface area contributed by atoms with Crippen molar-refractivity contribution in [1.82, 2.24) is 4.72 Å². The van der Waals surface area contributed by atoms with E-state index in [0.717, 1.165) is 35.8 Å². The van der Waals surface area contributed by atoms with Crippen molar-refractivity contribution in [2.75, 3.05) is 6.54 Å². The summed E-state index contributed by atoms with van der Waals surface area (Å²) in [4.78, 5) is 24.7. The lowest BCUT2D eigenvalue weighted by atomic mass is 9.91. The van der Waals surface area contributed by atoms with Crippen LogP contribution in [0.5, 0.6) is 5.75 Å². The number of hydrogen-bond acceptors (Lipinski definition) is 6. The standard InChI is InChI=1S/C23H22ClNO6S/c1-14-6-8-15(9-7-14)32(28,29)25-11-10-22(26)30-21-13-20-18(12-19(21)24)16-4-2-3-5-17(16)23(27)31-20/h6-9,12-13,25H,2-5,10-11H2,1H3. The van der Waals surface area contributed by atoms with Gasteiger partial charge in [-0.05, 0) is 56.4 Å². The first kappa shape index (κ1) is 22.5. The molecular formula is C23H22ClNO6S. The molecule has 0 fully saturated rings. The molecule has 0 unspecified atom stereocenters. The zero-order valence-corrected chi connectivity index (χ0v) is 19.0. The summed E-state index contributed by atoms with van der Waals surface area (Å²) in [5.41, 5.74) is 2.49. The van der Waals surface area contributed by atoms with E-state index in [1.165, 1.54) is 18.2 Å². The van der Waals surface area contributed by atoms with E-state index in [1.54, 1.807) is 18.2 Å². The summed E-state index contributed by atoms with van der Waals surface area (Å²) in [6.07, 6.45) is 3.18. The van der Waals surface area contributed by atoms with E-state index in [0.29, 0.717) is 17.6 Å². The average Bonchev–Trinajstić information content (AvgIpc) is 2.75. The first-order chi connectivity index (χ1) is 15.2. The highest BCUT2D eigenvalue weighted by Gasteiger charge is 2.20. The van der Waals surface area contributed by atoms with Gasteiger partial charge in [-0.3, -0.25) is 4.79 Å². The minimum Gasteiger partial charge on any atom is -0.425 e. The van der Waals surface area contributed by atoms with Gasteiger partial charge in [0.1, 0.15) is 5.58 Å². The Kier molecular flexibility index (Phi) is 6.37. The molecule has 7 nitrogen and oxygen atoms in total. The Labute approximate surface area is 190 Å². The Bertz CT molecular complexity index is 1350. The van der Waals surface area contributed by atoms with Crippen molar-refractivity contribution in [1.29, 1.82) is 0 Å². The van der Waals surface area contributed by atoms with Crippen LogP contribution in [0, 0.1) is 6.92 Å². The molecule has 0 atom stereocenters. The topological polar surface area (TPSA) is 103 Å². The van der Waals surface area contributed by atoms with Crippen LogP contribution in [-0.2, 0) is 27.7 Å². The Morgan fingerprint density at radius 1 is 1.12 bits per heavy atom. The molecule has 0 bridgehead atoms. The minimum absolute atomic E-state index is 0.0597. The van der Waals surface area contributed by atoms with Crippen LogP contribution in [0.25, 0.3) is 11.0 Å². The number of sulfonamides is 1. The summed E-state index contributed by atoms with van der Waals surface area (Å²) in [5.74, 6) is -0.609. The molecule has 32 heavy (non-hydrogen) atoms. The molecule has 0 radical (unpaired) electrons. The van der Waals surface area contributed by atoms with Gasteiger partial charge in [0.25, 0.3) is 0 Å². The van der Waals surface area contributed by atoms with Gasteiger partial charge < -0.3 is 9.15 Å². The van der Waals surface area contributed by atoms with Gasteiger partial charge in [0.15, 0.2) is 5.75 Å². The van der Waals surface area contributed by atoms with Crippen LogP contribution in [0.4, 0.5) is 0 Å². The number of rotatable bonds is 6. The molecule has 4 rings (SSSR count). The van der Waals surface area contributed by atoms with Crippen molar-refractivity contribution in [3.8, 4) is 5.75 Å². The molecule has 0 saturated heterocycles. The molecule has 1 aromatic heterocycles. The number of hydrogen-bond donors (Lipinski definition) is 1. The van der Waals surface area contributed by atoms with Crippen LogP contribution in [0.3, 0.4) is 0 Å². The molecule has 0 saturated carbocycles. The monoisotopic (exact) mass is 475 g/mol. The molecule has 0 amide bonds. The zero-order chi connectivity index (χ0) is 22.9. The first-order valence-corrected chi connectivity index (χ1v) is 12.2. The maximum atomic E-state index is 12.3. The third-order valence-electron chi connectivity index (χ3n) is 5.45. The fraction of sp³-hybridized carbons (Fsp3) is 0.304. The SMILES string of the molecule is Cc1ccc(S(=O)(=O)NCCC(=O)Oc2cc3oc(=O)c4c(c3cc2Cl)CCCC4)cc1. The second-order valence-electron chi connectivity index (χ2n) is 7.77. The van der Waals surface area contributed by atoms with Gasteiger partial charge in [0.2, 0.25) is 10.0 Å². The Balaban J connectivity index is 1.45. The lowest BCUT2D eigenvalue weighted by Crippen LogP contribution is -2.27. The van der Waals surface area contributed by atoms with Crippen LogP contribution in [-0.4, -0.2) is 20.9 Å².